The molecule has 0 aliphatic carbocycles. The van der Waals surface area contributed by atoms with E-state index in [0.29, 0.717) is 12.1 Å². The second-order valence-corrected chi connectivity index (χ2v) is 4.99. The number of carbonyl (C=O) groups excluding carboxylic acids is 1. The summed E-state index contributed by atoms with van der Waals surface area (Å²) in [6.07, 6.45) is 4.02. The van der Waals surface area contributed by atoms with Gasteiger partial charge >= 0.3 is 0 Å². The molecule has 0 fully saturated rings. The Bertz CT molecular complexity index is 763. The van der Waals surface area contributed by atoms with Crippen LogP contribution in [0.2, 0.25) is 5.22 Å². The first-order valence-corrected chi connectivity index (χ1v) is 7.04. The normalized spacial score (nSPS) is 10.9. The second-order valence-electron chi connectivity index (χ2n) is 4.64. The van der Waals surface area contributed by atoms with Gasteiger partial charge in [-0.2, -0.15) is 0 Å². The van der Waals surface area contributed by atoms with Gasteiger partial charge in [0.25, 0.3) is 5.91 Å². The van der Waals surface area contributed by atoms with Crippen LogP contribution in [-0.2, 0) is 6.54 Å². The van der Waals surface area contributed by atoms with E-state index in [1.807, 2.05) is 30.6 Å². The smallest absolute Gasteiger partial charge is 0.256 e. The van der Waals surface area contributed by atoms with Gasteiger partial charge in [0.05, 0.1) is 29.2 Å². The Kier molecular flexibility index (Phi) is 3.92. The minimum atomic E-state index is -0.218. The zero-order valence-electron chi connectivity index (χ0n) is 11.3. The van der Waals surface area contributed by atoms with Gasteiger partial charge in [-0.1, -0.05) is 12.1 Å². The Morgan fingerprint density at radius 3 is 3.00 bits per heavy atom. The van der Waals surface area contributed by atoms with Crippen molar-refractivity contribution in [3.05, 3.63) is 53.7 Å². The minimum Gasteiger partial charge on any atom is -0.452 e. The fourth-order valence-corrected chi connectivity index (χ4v) is 2.39. The lowest BCUT2D eigenvalue weighted by atomic mass is 10.3. The van der Waals surface area contributed by atoms with Crippen molar-refractivity contribution >= 4 is 28.5 Å². The van der Waals surface area contributed by atoms with Gasteiger partial charge in [-0.05, 0) is 36.2 Å². The van der Waals surface area contributed by atoms with Crippen molar-refractivity contribution in [2.75, 3.05) is 6.54 Å². The molecule has 1 N–H and O–H groups in total. The number of fused-ring (bicyclic) bond motifs is 1. The third kappa shape index (κ3) is 2.92. The van der Waals surface area contributed by atoms with Crippen LogP contribution in [0.1, 0.15) is 16.8 Å². The molecule has 0 aliphatic heterocycles. The summed E-state index contributed by atoms with van der Waals surface area (Å²) in [5.74, 6) is -0.218. The van der Waals surface area contributed by atoms with Gasteiger partial charge in [-0.15, -0.1) is 0 Å². The lowest BCUT2D eigenvalue weighted by Crippen LogP contribution is -2.25. The number of para-hydroxylation sites is 2. The molecule has 5 nitrogen and oxygen atoms in total. The molecule has 2 heterocycles. The topological polar surface area (TPSA) is 60.1 Å². The van der Waals surface area contributed by atoms with Gasteiger partial charge in [0.1, 0.15) is 0 Å². The summed E-state index contributed by atoms with van der Waals surface area (Å²) in [7, 11) is 0. The van der Waals surface area contributed by atoms with Gasteiger partial charge in [0, 0.05) is 13.1 Å². The lowest BCUT2D eigenvalue weighted by Gasteiger charge is -2.06. The number of nitrogens with zero attached hydrogens (tertiary/aromatic N) is 2. The molecule has 0 radical (unpaired) electrons. The highest BCUT2D eigenvalue weighted by Crippen LogP contribution is 2.16. The number of rotatable bonds is 5. The monoisotopic (exact) mass is 303 g/mol. The van der Waals surface area contributed by atoms with Crippen LogP contribution in [-0.4, -0.2) is 22.0 Å². The molecule has 6 heteroatoms. The molecule has 2 aromatic heterocycles. The van der Waals surface area contributed by atoms with Crippen molar-refractivity contribution in [3.8, 4) is 0 Å². The quantitative estimate of drug-likeness (QED) is 0.737. The maximum Gasteiger partial charge on any atom is 0.256 e. The van der Waals surface area contributed by atoms with Crippen LogP contribution in [0, 0.1) is 0 Å². The molecule has 1 aromatic carbocycles. The second kappa shape index (κ2) is 6.01. The van der Waals surface area contributed by atoms with E-state index < -0.39 is 0 Å². The fourth-order valence-electron chi connectivity index (χ4n) is 2.19. The highest BCUT2D eigenvalue weighted by atomic mass is 35.5. The number of nitrogens with one attached hydrogen (secondary N) is 1. The number of amides is 1. The molecule has 0 saturated carbocycles. The molecular formula is C15H14ClN3O2. The molecule has 3 aromatic rings. The average Bonchev–Trinajstić information content (AvgIpc) is 3.10. The van der Waals surface area contributed by atoms with Crippen LogP contribution in [0.15, 0.2) is 47.3 Å². The minimum absolute atomic E-state index is 0.119. The summed E-state index contributed by atoms with van der Waals surface area (Å²) in [5, 5.41) is 2.94. The molecule has 0 atom stereocenters. The Labute approximate surface area is 126 Å². The van der Waals surface area contributed by atoms with Crippen LogP contribution >= 0.6 is 11.6 Å². The number of imidazole rings is 1. The predicted molar refractivity (Wildman–Crippen MR) is 80.4 cm³/mol. The summed E-state index contributed by atoms with van der Waals surface area (Å²) in [6.45, 7) is 1.35. The number of halogens is 1. The van der Waals surface area contributed by atoms with Crippen molar-refractivity contribution in [1.29, 1.82) is 0 Å². The number of furan rings is 1. The van der Waals surface area contributed by atoms with Gasteiger partial charge in [-0.3, -0.25) is 4.79 Å². The number of hydrogen-bond acceptors (Lipinski definition) is 3. The molecule has 0 spiro atoms. The van der Waals surface area contributed by atoms with E-state index in [9.17, 15) is 4.79 Å². The Morgan fingerprint density at radius 2 is 2.19 bits per heavy atom. The fraction of sp³-hybridized carbons (Fsp3) is 0.200. The van der Waals surface area contributed by atoms with Gasteiger partial charge in [-0.25, -0.2) is 4.98 Å². The van der Waals surface area contributed by atoms with Crippen molar-refractivity contribution in [1.82, 2.24) is 14.9 Å². The highest BCUT2D eigenvalue weighted by Gasteiger charge is 2.11. The largest absolute Gasteiger partial charge is 0.452 e. The number of benzene rings is 1. The number of carbonyl (C=O) groups is 1. The molecule has 108 valence electrons. The van der Waals surface area contributed by atoms with Crippen molar-refractivity contribution < 1.29 is 9.21 Å². The maximum absolute atomic E-state index is 11.8. The van der Waals surface area contributed by atoms with E-state index >= 15 is 0 Å². The number of aromatic nitrogens is 2. The highest BCUT2D eigenvalue weighted by molar-refractivity contribution is 6.32. The third-order valence-corrected chi connectivity index (χ3v) is 3.54. The molecule has 1 amide bonds. The van der Waals surface area contributed by atoms with E-state index in [0.717, 1.165) is 24.0 Å². The first kappa shape index (κ1) is 13.7. The first-order valence-electron chi connectivity index (χ1n) is 6.67. The van der Waals surface area contributed by atoms with E-state index in [-0.39, 0.29) is 11.1 Å². The van der Waals surface area contributed by atoms with Gasteiger partial charge in [0.2, 0.25) is 5.22 Å². The molecular weight excluding hydrogens is 290 g/mol. The van der Waals surface area contributed by atoms with Crippen LogP contribution in [0.3, 0.4) is 0 Å². The zero-order valence-corrected chi connectivity index (χ0v) is 12.0. The molecule has 0 aliphatic rings. The van der Waals surface area contributed by atoms with E-state index in [4.69, 9.17) is 16.0 Å². The number of hydrogen-bond donors (Lipinski definition) is 1. The van der Waals surface area contributed by atoms with Crippen LogP contribution in [0.4, 0.5) is 0 Å². The third-order valence-electron chi connectivity index (χ3n) is 3.25. The molecule has 3 rings (SSSR count). The Balaban J connectivity index is 1.53. The number of aryl methyl sites for hydroxylation is 1. The van der Waals surface area contributed by atoms with Crippen LogP contribution < -0.4 is 5.32 Å². The molecule has 0 unspecified atom stereocenters. The van der Waals surface area contributed by atoms with Crippen molar-refractivity contribution in [3.63, 3.8) is 0 Å². The van der Waals surface area contributed by atoms with Gasteiger partial charge in [0.15, 0.2) is 0 Å². The molecule has 21 heavy (non-hydrogen) atoms. The lowest BCUT2D eigenvalue weighted by molar-refractivity contribution is 0.0952. The maximum atomic E-state index is 11.8. The van der Waals surface area contributed by atoms with E-state index in [2.05, 4.69) is 14.9 Å². The summed E-state index contributed by atoms with van der Waals surface area (Å²) < 4.78 is 6.97. The Hall–Kier alpha value is -2.27. The summed E-state index contributed by atoms with van der Waals surface area (Å²) in [5.41, 5.74) is 2.44. The van der Waals surface area contributed by atoms with E-state index in [1.165, 1.54) is 6.26 Å². The summed E-state index contributed by atoms with van der Waals surface area (Å²) in [6, 6.07) is 9.53. The molecule has 0 saturated heterocycles. The molecule has 0 bridgehead atoms. The standard InChI is InChI=1S/C15H14ClN3O2/c16-14-11(6-9-21-14)15(20)17-7-3-8-19-10-18-12-4-1-2-5-13(12)19/h1-2,4-6,9-10H,3,7-8H2,(H,17,20). The first-order chi connectivity index (χ1) is 10.3. The van der Waals surface area contributed by atoms with Crippen LogP contribution in [0.5, 0.6) is 0 Å². The predicted octanol–water partition coefficient (Wildman–Crippen LogP) is 3.10. The van der Waals surface area contributed by atoms with Crippen molar-refractivity contribution in [2.24, 2.45) is 0 Å². The van der Waals surface area contributed by atoms with Gasteiger partial charge < -0.3 is 14.3 Å². The van der Waals surface area contributed by atoms with Crippen LogP contribution in [0.25, 0.3) is 11.0 Å². The summed E-state index contributed by atoms with van der Waals surface area (Å²) >= 11 is 5.75. The Morgan fingerprint density at radius 1 is 1.33 bits per heavy atom. The zero-order chi connectivity index (χ0) is 14.7. The SMILES string of the molecule is O=C(NCCCn1cnc2ccccc21)c1ccoc1Cl. The average molecular weight is 304 g/mol. The van der Waals surface area contributed by atoms with E-state index in [1.54, 1.807) is 6.07 Å². The van der Waals surface area contributed by atoms with Crippen molar-refractivity contribution in [2.45, 2.75) is 13.0 Å². The summed E-state index contributed by atoms with van der Waals surface area (Å²) in [4.78, 5) is 16.2.